The summed E-state index contributed by atoms with van der Waals surface area (Å²) in [7, 11) is 1.71. The van der Waals surface area contributed by atoms with E-state index in [9.17, 15) is 4.79 Å². The molecule has 1 amide bonds. The van der Waals surface area contributed by atoms with Crippen LogP contribution in [0.5, 0.6) is 5.75 Å². The zero-order valence-electron chi connectivity index (χ0n) is 24.5. The van der Waals surface area contributed by atoms with Crippen molar-refractivity contribution in [1.29, 1.82) is 0 Å². The highest BCUT2D eigenvalue weighted by atomic mass is 35.5. The molecule has 0 unspecified atom stereocenters. The van der Waals surface area contributed by atoms with Gasteiger partial charge in [0.25, 0.3) is 0 Å². The van der Waals surface area contributed by atoms with Crippen molar-refractivity contribution in [2.24, 2.45) is 23.2 Å². The SMILES string of the molecule is CNC(=O)[C@H]1C[C@@H]2C[C@H](C2(C)C)[C@@]1(C)Nc1nc(Nc2ccc3c(c2)OCCN3CCN2CCOCC2)ncc1Cl. The summed E-state index contributed by atoms with van der Waals surface area (Å²) >= 11 is 6.62. The normalized spacial score (nSPS) is 28.6. The number of amides is 1. The third kappa shape index (κ3) is 5.30. The standard InChI is InChI=1S/C30H42ClN7O3/c1-29(2)19-15-21(27(39)32-4)30(3,25(29)16-19)36-26-22(31)18-33-28(35-26)34-20-5-6-23-24(17-20)41-14-11-38(23)8-7-37-9-12-40-13-10-37/h5-6,17-19,21,25H,7-16H2,1-4H3,(H,32,39)(H2,33,34,35,36)/t19-,21-,25-,30+/m1/s1. The number of nitrogens with one attached hydrogen (secondary N) is 3. The van der Waals surface area contributed by atoms with Crippen LogP contribution in [0.2, 0.25) is 5.02 Å². The fourth-order valence-electron chi connectivity index (χ4n) is 7.51. The van der Waals surface area contributed by atoms with E-state index >= 15 is 0 Å². The molecule has 3 N–H and O–H groups in total. The first kappa shape index (κ1) is 28.3. The molecule has 11 heteroatoms. The molecule has 10 nitrogen and oxygen atoms in total. The molecule has 1 aromatic carbocycles. The Bertz CT molecular complexity index is 1290. The van der Waals surface area contributed by atoms with Gasteiger partial charge in [0.2, 0.25) is 11.9 Å². The average molecular weight is 584 g/mol. The third-order valence-corrected chi connectivity index (χ3v) is 10.4. The van der Waals surface area contributed by atoms with Gasteiger partial charge < -0.3 is 30.3 Å². The van der Waals surface area contributed by atoms with Crippen LogP contribution in [0.25, 0.3) is 0 Å². The summed E-state index contributed by atoms with van der Waals surface area (Å²) in [4.78, 5) is 27.0. The number of hydrogen-bond donors (Lipinski definition) is 3. The minimum atomic E-state index is -0.488. The fourth-order valence-corrected chi connectivity index (χ4v) is 7.65. The Morgan fingerprint density at radius 1 is 1.12 bits per heavy atom. The molecular weight excluding hydrogens is 542 g/mol. The van der Waals surface area contributed by atoms with E-state index in [4.69, 9.17) is 26.1 Å². The first-order valence-electron chi connectivity index (χ1n) is 14.8. The topological polar surface area (TPSA) is 104 Å². The first-order valence-corrected chi connectivity index (χ1v) is 15.2. The molecule has 0 spiro atoms. The van der Waals surface area contributed by atoms with Gasteiger partial charge in [-0.3, -0.25) is 9.69 Å². The summed E-state index contributed by atoms with van der Waals surface area (Å²) in [5.41, 5.74) is 1.59. The van der Waals surface area contributed by atoms with Crippen LogP contribution < -0.4 is 25.6 Å². The quantitative estimate of drug-likeness (QED) is 0.425. The number of carbonyl (C=O) groups is 1. The maximum absolute atomic E-state index is 13.0. The van der Waals surface area contributed by atoms with E-state index in [0.717, 1.165) is 75.9 Å². The van der Waals surface area contributed by atoms with Gasteiger partial charge in [0.15, 0.2) is 5.82 Å². The molecule has 4 fully saturated rings. The van der Waals surface area contributed by atoms with Gasteiger partial charge in [0.1, 0.15) is 17.4 Å². The highest BCUT2D eigenvalue weighted by molar-refractivity contribution is 6.32. The minimum absolute atomic E-state index is 0.0572. The van der Waals surface area contributed by atoms with Crippen molar-refractivity contribution in [2.75, 3.05) is 75.1 Å². The molecule has 1 saturated heterocycles. The Labute approximate surface area is 247 Å². The van der Waals surface area contributed by atoms with Gasteiger partial charge in [-0.25, -0.2) is 4.98 Å². The maximum Gasteiger partial charge on any atom is 0.229 e. The monoisotopic (exact) mass is 583 g/mol. The molecule has 3 saturated carbocycles. The second-order valence-corrected chi connectivity index (χ2v) is 13.0. The Balaban J connectivity index is 1.18. The number of carbonyl (C=O) groups excluding carboxylic acids is 1. The summed E-state index contributed by atoms with van der Waals surface area (Å²) in [6.45, 7) is 13.8. The molecule has 3 heterocycles. The molecule has 222 valence electrons. The van der Waals surface area contributed by atoms with Gasteiger partial charge in [-0.1, -0.05) is 25.4 Å². The van der Waals surface area contributed by atoms with Crippen LogP contribution in [-0.4, -0.2) is 85.9 Å². The molecule has 7 rings (SSSR count). The van der Waals surface area contributed by atoms with Crippen LogP contribution in [0.1, 0.15) is 33.6 Å². The summed E-state index contributed by atoms with van der Waals surface area (Å²) in [5, 5.41) is 10.3. The summed E-state index contributed by atoms with van der Waals surface area (Å²) in [5.74, 6) is 2.56. The van der Waals surface area contributed by atoms with E-state index in [1.165, 1.54) is 0 Å². The number of nitrogens with zero attached hydrogens (tertiary/aromatic N) is 4. The van der Waals surface area contributed by atoms with Crippen molar-refractivity contribution in [3.63, 3.8) is 0 Å². The lowest BCUT2D eigenvalue weighted by Gasteiger charge is -2.66. The second kappa shape index (κ2) is 11.1. The van der Waals surface area contributed by atoms with Crippen molar-refractivity contribution in [2.45, 2.75) is 39.2 Å². The molecule has 4 atom stereocenters. The zero-order valence-corrected chi connectivity index (χ0v) is 25.3. The highest BCUT2D eigenvalue weighted by Gasteiger charge is 2.64. The van der Waals surface area contributed by atoms with Crippen LogP contribution in [0.3, 0.4) is 0 Å². The van der Waals surface area contributed by atoms with E-state index in [2.05, 4.69) is 57.6 Å². The lowest BCUT2D eigenvalue weighted by molar-refractivity contribution is -0.155. The van der Waals surface area contributed by atoms with Crippen LogP contribution >= 0.6 is 11.6 Å². The zero-order chi connectivity index (χ0) is 28.8. The molecule has 3 aliphatic carbocycles. The largest absolute Gasteiger partial charge is 0.489 e. The minimum Gasteiger partial charge on any atom is -0.489 e. The Morgan fingerprint density at radius 2 is 1.93 bits per heavy atom. The van der Waals surface area contributed by atoms with Gasteiger partial charge in [-0.2, -0.15) is 4.98 Å². The number of anilines is 4. The van der Waals surface area contributed by atoms with Crippen molar-refractivity contribution >= 4 is 40.6 Å². The van der Waals surface area contributed by atoms with E-state index in [1.54, 1.807) is 13.2 Å². The predicted octanol–water partition coefficient (Wildman–Crippen LogP) is 4.00. The van der Waals surface area contributed by atoms with E-state index in [1.807, 2.05) is 12.1 Å². The van der Waals surface area contributed by atoms with Crippen molar-refractivity contribution in [3.05, 3.63) is 29.4 Å². The third-order valence-electron chi connectivity index (χ3n) is 10.1. The molecule has 0 radical (unpaired) electrons. The number of morpholine rings is 1. The van der Waals surface area contributed by atoms with E-state index < -0.39 is 5.54 Å². The van der Waals surface area contributed by atoms with Crippen molar-refractivity contribution < 1.29 is 14.3 Å². The van der Waals surface area contributed by atoms with Gasteiger partial charge >= 0.3 is 0 Å². The molecule has 2 aromatic rings. The summed E-state index contributed by atoms with van der Waals surface area (Å²) < 4.78 is 11.5. The van der Waals surface area contributed by atoms with Gasteiger partial charge in [-0.05, 0) is 49.1 Å². The fraction of sp³-hybridized carbons (Fsp3) is 0.633. The van der Waals surface area contributed by atoms with Gasteiger partial charge in [-0.15, -0.1) is 0 Å². The Morgan fingerprint density at radius 3 is 2.68 bits per heavy atom. The molecule has 2 bridgehead atoms. The van der Waals surface area contributed by atoms with Crippen molar-refractivity contribution in [1.82, 2.24) is 20.2 Å². The van der Waals surface area contributed by atoms with E-state index in [0.29, 0.717) is 35.2 Å². The Kier molecular flexibility index (Phi) is 7.67. The smallest absolute Gasteiger partial charge is 0.229 e. The molecule has 5 aliphatic rings. The summed E-state index contributed by atoms with van der Waals surface area (Å²) in [6, 6.07) is 6.13. The van der Waals surface area contributed by atoms with Gasteiger partial charge in [0.05, 0.1) is 43.1 Å². The number of benzene rings is 1. The van der Waals surface area contributed by atoms with Crippen molar-refractivity contribution in [3.8, 4) is 5.75 Å². The number of aromatic nitrogens is 2. The average Bonchev–Trinajstić information content (AvgIpc) is 2.97. The van der Waals surface area contributed by atoms with Crippen LogP contribution in [0.4, 0.5) is 23.1 Å². The Hall–Kier alpha value is -2.82. The lowest BCUT2D eigenvalue weighted by atomic mass is 9.40. The molecule has 41 heavy (non-hydrogen) atoms. The van der Waals surface area contributed by atoms with Crippen LogP contribution in [0.15, 0.2) is 24.4 Å². The summed E-state index contributed by atoms with van der Waals surface area (Å²) in [6.07, 6.45) is 3.55. The maximum atomic E-state index is 13.0. The molecule has 1 aromatic heterocycles. The highest BCUT2D eigenvalue weighted by Crippen LogP contribution is 2.65. The second-order valence-electron chi connectivity index (χ2n) is 12.6. The number of ether oxygens (including phenoxy) is 2. The van der Waals surface area contributed by atoms with E-state index in [-0.39, 0.29) is 17.2 Å². The number of rotatable bonds is 8. The molecular formula is C30H42ClN7O3. The molecule has 2 aliphatic heterocycles. The predicted molar refractivity (Wildman–Crippen MR) is 161 cm³/mol. The number of fused-ring (bicyclic) bond motifs is 3. The van der Waals surface area contributed by atoms with Crippen LogP contribution in [-0.2, 0) is 9.53 Å². The number of hydrogen-bond acceptors (Lipinski definition) is 9. The first-order chi connectivity index (χ1) is 19.7. The van der Waals surface area contributed by atoms with Gasteiger partial charge in [0, 0.05) is 45.0 Å². The number of halogens is 1. The lowest BCUT2D eigenvalue weighted by Crippen LogP contribution is -2.69. The van der Waals surface area contributed by atoms with Crippen LogP contribution in [0, 0.1) is 23.2 Å².